The van der Waals surface area contributed by atoms with Crippen molar-refractivity contribution in [3.8, 4) is 0 Å². The number of hydrogen-bond acceptors (Lipinski definition) is 2. The van der Waals surface area contributed by atoms with Crippen LogP contribution in [0.5, 0.6) is 0 Å². The van der Waals surface area contributed by atoms with Gasteiger partial charge in [-0.2, -0.15) is 0 Å². The second-order valence-electron chi connectivity index (χ2n) is 6.43. The Morgan fingerprint density at radius 2 is 2.00 bits per heavy atom. The van der Waals surface area contributed by atoms with Crippen molar-refractivity contribution < 1.29 is 9.84 Å². The van der Waals surface area contributed by atoms with Crippen molar-refractivity contribution in [3.63, 3.8) is 0 Å². The van der Waals surface area contributed by atoms with Gasteiger partial charge in [-0.15, -0.1) is 0 Å². The van der Waals surface area contributed by atoms with Crippen LogP contribution in [0.15, 0.2) is 24.3 Å². The Labute approximate surface area is 122 Å². The number of aliphatic hydroxyl groups excluding tert-OH is 1. The van der Waals surface area contributed by atoms with Gasteiger partial charge < -0.3 is 9.84 Å². The van der Waals surface area contributed by atoms with Gasteiger partial charge in [0.15, 0.2) is 0 Å². The zero-order valence-electron chi connectivity index (χ0n) is 12.3. The lowest BCUT2D eigenvalue weighted by Gasteiger charge is -2.28. The molecule has 1 aromatic rings. The number of fused-ring (bicyclic) bond motifs is 1. The Bertz CT molecular complexity index is 423. The van der Waals surface area contributed by atoms with Gasteiger partial charge in [0.05, 0.1) is 18.8 Å². The molecule has 1 fully saturated rings. The van der Waals surface area contributed by atoms with Gasteiger partial charge in [-0.05, 0) is 36.3 Å². The molecule has 2 unspecified atom stereocenters. The summed E-state index contributed by atoms with van der Waals surface area (Å²) < 4.78 is 5.89. The van der Waals surface area contributed by atoms with Crippen LogP contribution in [0.2, 0.25) is 0 Å². The maximum Gasteiger partial charge on any atom is 0.0852 e. The van der Waals surface area contributed by atoms with Gasteiger partial charge in [0.1, 0.15) is 0 Å². The Hall–Kier alpha value is -0.860. The second kappa shape index (κ2) is 6.73. The van der Waals surface area contributed by atoms with Crippen molar-refractivity contribution >= 4 is 0 Å². The molecule has 2 heteroatoms. The molecule has 2 atom stereocenters. The number of rotatable bonds is 5. The molecule has 1 heterocycles. The highest BCUT2D eigenvalue weighted by Crippen LogP contribution is 2.33. The molecule has 1 aromatic carbocycles. The molecular weight excluding hydrogens is 248 g/mol. The van der Waals surface area contributed by atoms with Crippen LogP contribution in [0.25, 0.3) is 0 Å². The first-order valence-electron chi connectivity index (χ1n) is 8.20. The van der Waals surface area contributed by atoms with E-state index in [2.05, 4.69) is 24.3 Å². The van der Waals surface area contributed by atoms with Gasteiger partial charge in [0.25, 0.3) is 0 Å². The minimum atomic E-state index is -0.216. The molecule has 1 aliphatic carbocycles. The van der Waals surface area contributed by atoms with E-state index in [1.807, 2.05) is 0 Å². The van der Waals surface area contributed by atoms with E-state index in [1.54, 1.807) is 0 Å². The van der Waals surface area contributed by atoms with E-state index in [0.717, 1.165) is 31.8 Å². The van der Waals surface area contributed by atoms with E-state index >= 15 is 0 Å². The van der Waals surface area contributed by atoms with Crippen molar-refractivity contribution in [2.24, 2.45) is 5.92 Å². The third kappa shape index (κ3) is 3.42. The minimum Gasteiger partial charge on any atom is -0.393 e. The highest BCUT2D eigenvalue weighted by Gasteiger charge is 2.24. The van der Waals surface area contributed by atoms with Gasteiger partial charge in [-0.25, -0.2) is 0 Å². The molecule has 3 rings (SSSR count). The van der Waals surface area contributed by atoms with E-state index < -0.39 is 0 Å². The smallest absolute Gasteiger partial charge is 0.0852 e. The molecule has 0 spiro atoms. The summed E-state index contributed by atoms with van der Waals surface area (Å²) in [5, 5.41) is 10.3. The van der Waals surface area contributed by atoms with Crippen LogP contribution in [0.4, 0.5) is 0 Å². The van der Waals surface area contributed by atoms with Crippen molar-refractivity contribution in [1.82, 2.24) is 0 Å². The average molecular weight is 274 g/mol. The van der Waals surface area contributed by atoms with E-state index in [0.29, 0.717) is 0 Å². The van der Waals surface area contributed by atoms with Crippen LogP contribution in [0, 0.1) is 5.92 Å². The summed E-state index contributed by atoms with van der Waals surface area (Å²) in [6.07, 6.45) is 9.28. The molecule has 1 N–H and O–H groups in total. The summed E-state index contributed by atoms with van der Waals surface area (Å²) in [7, 11) is 0. The normalized spacial score (nSPS) is 24.6. The fourth-order valence-corrected chi connectivity index (χ4v) is 3.76. The van der Waals surface area contributed by atoms with Crippen LogP contribution in [0.3, 0.4) is 0 Å². The highest BCUT2D eigenvalue weighted by molar-refractivity contribution is 5.30. The SMILES string of the molecule is OC(CCC1CCCC1)CC1OCCc2ccccc21. The molecule has 1 aliphatic heterocycles. The maximum atomic E-state index is 10.3. The zero-order chi connectivity index (χ0) is 13.8. The standard InChI is InChI=1S/C18H26O2/c19-16(10-9-14-5-1-2-6-14)13-18-17-8-4-3-7-15(17)11-12-20-18/h3-4,7-8,14,16,18-19H,1-2,5-6,9-13H2. The van der Waals surface area contributed by atoms with Crippen LogP contribution in [-0.2, 0) is 11.2 Å². The maximum absolute atomic E-state index is 10.3. The topological polar surface area (TPSA) is 29.5 Å². The van der Waals surface area contributed by atoms with E-state index in [1.165, 1.54) is 43.2 Å². The van der Waals surface area contributed by atoms with E-state index in [-0.39, 0.29) is 12.2 Å². The summed E-state index contributed by atoms with van der Waals surface area (Å²) >= 11 is 0. The Kier molecular flexibility index (Phi) is 4.74. The molecule has 0 aromatic heterocycles. The molecule has 2 aliphatic rings. The molecule has 0 saturated heterocycles. The van der Waals surface area contributed by atoms with Gasteiger partial charge in [0.2, 0.25) is 0 Å². The van der Waals surface area contributed by atoms with Gasteiger partial charge in [-0.1, -0.05) is 49.9 Å². The third-order valence-corrected chi connectivity index (χ3v) is 4.96. The third-order valence-electron chi connectivity index (χ3n) is 4.96. The lowest BCUT2D eigenvalue weighted by Crippen LogP contribution is -2.21. The number of ether oxygens (including phenoxy) is 1. The molecular formula is C18H26O2. The summed E-state index contributed by atoms with van der Waals surface area (Å²) in [5.74, 6) is 0.865. The summed E-state index contributed by atoms with van der Waals surface area (Å²) in [6.45, 7) is 0.789. The summed E-state index contributed by atoms with van der Waals surface area (Å²) in [5.41, 5.74) is 2.69. The Balaban J connectivity index is 1.52. The number of hydrogen-bond donors (Lipinski definition) is 1. The second-order valence-corrected chi connectivity index (χ2v) is 6.43. The van der Waals surface area contributed by atoms with Crippen LogP contribution < -0.4 is 0 Å². The Morgan fingerprint density at radius 1 is 1.20 bits per heavy atom. The first-order chi connectivity index (χ1) is 9.83. The molecule has 110 valence electrons. The number of benzene rings is 1. The van der Waals surface area contributed by atoms with Crippen molar-refractivity contribution in [3.05, 3.63) is 35.4 Å². The van der Waals surface area contributed by atoms with Gasteiger partial charge in [0, 0.05) is 6.42 Å². The predicted molar refractivity (Wildman–Crippen MR) is 80.7 cm³/mol. The van der Waals surface area contributed by atoms with Crippen molar-refractivity contribution in [1.29, 1.82) is 0 Å². The van der Waals surface area contributed by atoms with Crippen molar-refractivity contribution in [2.45, 2.75) is 63.6 Å². The Morgan fingerprint density at radius 3 is 2.85 bits per heavy atom. The zero-order valence-corrected chi connectivity index (χ0v) is 12.3. The first-order valence-corrected chi connectivity index (χ1v) is 8.20. The molecule has 20 heavy (non-hydrogen) atoms. The lowest BCUT2D eigenvalue weighted by atomic mass is 9.92. The van der Waals surface area contributed by atoms with Crippen LogP contribution in [0.1, 0.15) is 62.2 Å². The van der Waals surface area contributed by atoms with Crippen LogP contribution in [-0.4, -0.2) is 17.8 Å². The highest BCUT2D eigenvalue weighted by atomic mass is 16.5. The molecule has 0 bridgehead atoms. The largest absolute Gasteiger partial charge is 0.393 e. The molecule has 0 radical (unpaired) electrons. The van der Waals surface area contributed by atoms with Gasteiger partial charge in [-0.3, -0.25) is 0 Å². The predicted octanol–water partition coefficient (Wildman–Crippen LogP) is 4.02. The summed E-state index contributed by atoms with van der Waals surface area (Å²) in [6, 6.07) is 8.52. The minimum absolute atomic E-state index is 0.0959. The summed E-state index contributed by atoms with van der Waals surface area (Å²) in [4.78, 5) is 0. The van der Waals surface area contributed by atoms with Gasteiger partial charge >= 0.3 is 0 Å². The molecule has 0 amide bonds. The fourth-order valence-electron chi connectivity index (χ4n) is 3.76. The number of aliphatic hydroxyl groups is 1. The quantitative estimate of drug-likeness (QED) is 0.878. The molecule has 1 saturated carbocycles. The van der Waals surface area contributed by atoms with Crippen molar-refractivity contribution in [2.75, 3.05) is 6.61 Å². The van der Waals surface area contributed by atoms with E-state index in [4.69, 9.17) is 4.74 Å². The lowest BCUT2D eigenvalue weighted by molar-refractivity contribution is 0.00123. The first kappa shape index (κ1) is 14.1. The fraction of sp³-hybridized carbons (Fsp3) is 0.667. The van der Waals surface area contributed by atoms with Crippen LogP contribution >= 0.6 is 0 Å². The van der Waals surface area contributed by atoms with E-state index in [9.17, 15) is 5.11 Å². The molecule has 2 nitrogen and oxygen atoms in total. The average Bonchev–Trinajstić information content (AvgIpc) is 2.99. The monoisotopic (exact) mass is 274 g/mol.